The lowest BCUT2D eigenvalue weighted by molar-refractivity contribution is -0.136. The van der Waals surface area contributed by atoms with Gasteiger partial charge in [-0.3, -0.25) is 9.59 Å². The molecule has 0 aliphatic rings. The first kappa shape index (κ1) is 28.5. The largest absolute Gasteiger partial charge is 0.481 e. The highest BCUT2D eigenvalue weighted by Gasteiger charge is 2.12. The van der Waals surface area contributed by atoms with Crippen molar-refractivity contribution >= 4 is 31.4 Å². The van der Waals surface area contributed by atoms with E-state index < -0.39 is 25.6 Å². The summed E-state index contributed by atoms with van der Waals surface area (Å²) in [5.41, 5.74) is 1.44. The molecule has 0 saturated heterocycles. The van der Waals surface area contributed by atoms with Gasteiger partial charge >= 0.3 is 5.97 Å². The molecule has 7 nitrogen and oxygen atoms in total. The summed E-state index contributed by atoms with van der Waals surface area (Å²) < 4.78 is 45.8. The van der Waals surface area contributed by atoms with E-state index in [9.17, 15) is 26.4 Å². The molecule has 0 aromatic heterocycles. The fourth-order valence-electron chi connectivity index (χ4n) is 2.42. The van der Waals surface area contributed by atoms with Crippen molar-refractivity contribution in [2.45, 2.75) is 50.8 Å². The van der Waals surface area contributed by atoms with Crippen LogP contribution in [-0.4, -0.2) is 45.2 Å². The first-order valence-corrected chi connectivity index (χ1v) is 12.6. The molecule has 0 spiro atoms. The van der Waals surface area contributed by atoms with Crippen LogP contribution in [0.3, 0.4) is 0 Å². The maximum atomic E-state index is 11.5. The quantitative estimate of drug-likeness (QED) is 0.627. The minimum absolute atomic E-state index is 0. The number of ketones is 1. The molecule has 0 bridgehead atoms. The average molecular weight is 471 g/mol. The monoisotopic (exact) mass is 470 g/mol. The molecule has 172 valence electrons. The second-order valence-electron chi connectivity index (χ2n) is 6.54. The molecule has 2 aromatic carbocycles. The number of hydrogen-bond donors (Lipinski definition) is 1. The zero-order chi connectivity index (χ0) is 22.9. The van der Waals surface area contributed by atoms with Gasteiger partial charge in [0.15, 0.2) is 19.7 Å². The fraction of sp³-hybridized carbons (Fsp3) is 0.364. The van der Waals surface area contributed by atoms with Crippen molar-refractivity contribution in [3.05, 3.63) is 59.7 Å². The van der Waals surface area contributed by atoms with Gasteiger partial charge < -0.3 is 5.11 Å². The van der Waals surface area contributed by atoms with Crippen molar-refractivity contribution in [1.82, 2.24) is 0 Å². The lowest BCUT2D eigenvalue weighted by atomic mass is 10.1. The predicted molar refractivity (Wildman–Crippen MR) is 121 cm³/mol. The number of hydrogen-bond acceptors (Lipinski definition) is 6. The Labute approximate surface area is 185 Å². The molecule has 0 heterocycles. The first-order valence-electron chi connectivity index (χ1n) is 9.26. The molecule has 0 aliphatic heterocycles. The molecule has 9 heteroatoms. The molecule has 0 amide bonds. The first-order chi connectivity index (χ1) is 13.9. The minimum Gasteiger partial charge on any atom is -0.481 e. The number of carboxylic acid groups (broad SMARTS) is 1. The molecule has 0 fully saturated rings. The van der Waals surface area contributed by atoms with Crippen LogP contribution in [0.5, 0.6) is 0 Å². The van der Waals surface area contributed by atoms with E-state index in [2.05, 4.69) is 0 Å². The van der Waals surface area contributed by atoms with E-state index in [0.29, 0.717) is 16.9 Å². The van der Waals surface area contributed by atoms with Crippen LogP contribution in [0.4, 0.5) is 0 Å². The highest BCUT2D eigenvalue weighted by Crippen LogP contribution is 2.13. The van der Waals surface area contributed by atoms with Gasteiger partial charge in [0.25, 0.3) is 0 Å². The number of carboxylic acids is 1. The third-order valence-corrected chi connectivity index (χ3v) is 7.63. The number of aliphatic carboxylic acids is 1. The van der Waals surface area contributed by atoms with E-state index in [0.717, 1.165) is 5.56 Å². The Bertz CT molecular complexity index is 978. The standard InChI is InChI=1S/C11H14O3S.C10H12O4S.CH4/c1-3-15(13,14)11-6-4-10(5-7-11)8-9(2)12;1-2-15(13,14)9-5-3-8(4-6-9)7-10(11)12;/h4-7H,3,8H2,1-2H3;3-6H,2,7H2,1H3,(H,11,12);1H4. The maximum absolute atomic E-state index is 11.5. The minimum atomic E-state index is -3.19. The zero-order valence-electron chi connectivity index (χ0n) is 17.2. The highest BCUT2D eigenvalue weighted by molar-refractivity contribution is 7.91. The second kappa shape index (κ2) is 12.4. The van der Waals surface area contributed by atoms with Gasteiger partial charge in [-0.25, -0.2) is 16.8 Å². The van der Waals surface area contributed by atoms with Crippen LogP contribution in [0.15, 0.2) is 58.3 Å². The lowest BCUT2D eigenvalue weighted by Gasteiger charge is -2.02. The molecule has 1 N–H and O–H groups in total. The summed E-state index contributed by atoms with van der Waals surface area (Å²) in [6.07, 6.45) is 0.263. The Morgan fingerprint density at radius 2 is 1.03 bits per heavy atom. The van der Waals surface area contributed by atoms with Crippen LogP contribution in [0.2, 0.25) is 0 Å². The Morgan fingerprint density at radius 3 is 1.29 bits per heavy atom. The Balaban J connectivity index is 0.000000562. The molecular weight excluding hydrogens is 440 g/mol. The fourth-order valence-corrected chi connectivity index (χ4v) is 4.19. The van der Waals surface area contributed by atoms with Gasteiger partial charge in [0, 0.05) is 6.42 Å². The maximum Gasteiger partial charge on any atom is 0.307 e. The summed E-state index contributed by atoms with van der Waals surface area (Å²) in [5.74, 6) is -0.716. The van der Waals surface area contributed by atoms with E-state index in [4.69, 9.17) is 5.11 Å². The summed E-state index contributed by atoms with van der Waals surface area (Å²) in [4.78, 5) is 21.8. The summed E-state index contributed by atoms with van der Waals surface area (Å²) in [7, 11) is -6.32. The summed E-state index contributed by atoms with van der Waals surface area (Å²) in [5, 5.41) is 8.52. The zero-order valence-corrected chi connectivity index (χ0v) is 18.8. The average Bonchev–Trinajstić information content (AvgIpc) is 2.68. The van der Waals surface area contributed by atoms with Gasteiger partial charge in [-0.1, -0.05) is 45.5 Å². The van der Waals surface area contributed by atoms with Crippen LogP contribution in [0, 0.1) is 0 Å². The normalized spacial score (nSPS) is 10.9. The van der Waals surface area contributed by atoms with Crippen molar-refractivity contribution in [3.8, 4) is 0 Å². The second-order valence-corrected chi connectivity index (χ2v) is 11.1. The van der Waals surface area contributed by atoms with E-state index in [1.54, 1.807) is 38.1 Å². The molecule has 0 saturated carbocycles. The highest BCUT2D eigenvalue weighted by atomic mass is 32.2. The number of sulfone groups is 2. The predicted octanol–water partition coefficient (Wildman–Crippen LogP) is 3.36. The van der Waals surface area contributed by atoms with Gasteiger partial charge in [0.05, 0.1) is 27.7 Å². The topological polar surface area (TPSA) is 123 Å². The van der Waals surface area contributed by atoms with Gasteiger partial charge in [-0.2, -0.15) is 0 Å². The molecule has 31 heavy (non-hydrogen) atoms. The van der Waals surface area contributed by atoms with Gasteiger partial charge in [0.2, 0.25) is 0 Å². The van der Waals surface area contributed by atoms with Crippen molar-refractivity contribution in [3.63, 3.8) is 0 Å². The molecule has 2 rings (SSSR count). The number of Topliss-reactive ketones (excluding diaryl/α,β-unsaturated/α-hetero) is 1. The van der Waals surface area contributed by atoms with Crippen molar-refractivity contribution in [1.29, 1.82) is 0 Å². The van der Waals surface area contributed by atoms with Crippen LogP contribution in [-0.2, 0) is 42.1 Å². The van der Waals surface area contributed by atoms with E-state index in [-0.39, 0.29) is 36.0 Å². The number of carbonyl (C=O) groups is 2. The third-order valence-electron chi connectivity index (χ3n) is 4.13. The molecule has 0 unspecified atom stereocenters. The lowest BCUT2D eigenvalue weighted by Crippen LogP contribution is -2.04. The van der Waals surface area contributed by atoms with E-state index >= 15 is 0 Å². The van der Waals surface area contributed by atoms with Gasteiger partial charge in [-0.05, 0) is 42.3 Å². The molecule has 0 atom stereocenters. The van der Waals surface area contributed by atoms with Crippen LogP contribution in [0.1, 0.15) is 39.3 Å². The van der Waals surface area contributed by atoms with Gasteiger partial charge in [0.1, 0.15) is 5.78 Å². The van der Waals surface area contributed by atoms with E-state index in [1.165, 1.54) is 31.2 Å². The molecule has 0 aliphatic carbocycles. The summed E-state index contributed by atoms with van der Waals surface area (Å²) in [6, 6.07) is 12.4. The Hall–Kier alpha value is -2.52. The number of carbonyl (C=O) groups excluding carboxylic acids is 1. The summed E-state index contributed by atoms with van der Waals surface area (Å²) >= 11 is 0. The summed E-state index contributed by atoms with van der Waals surface area (Å²) in [6.45, 7) is 4.69. The third kappa shape index (κ3) is 9.44. The Kier molecular flexibility index (Phi) is 11.4. The van der Waals surface area contributed by atoms with Crippen LogP contribution in [0.25, 0.3) is 0 Å². The van der Waals surface area contributed by atoms with E-state index in [1.807, 2.05) is 0 Å². The molecular formula is C22H30O7S2. The SMILES string of the molecule is C.CCS(=O)(=O)c1ccc(CC(=O)O)cc1.CCS(=O)(=O)c1ccc(CC(C)=O)cc1. The van der Waals surface area contributed by atoms with Crippen LogP contribution >= 0.6 is 0 Å². The smallest absolute Gasteiger partial charge is 0.307 e. The Morgan fingerprint density at radius 1 is 0.710 bits per heavy atom. The number of benzene rings is 2. The number of rotatable bonds is 8. The van der Waals surface area contributed by atoms with Crippen molar-refractivity contribution in [2.24, 2.45) is 0 Å². The molecule has 2 aromatic rings. The van der Waals surface area contributed by atoms with Crippen LogP contribution < -0.4 is 0 Å². The van der Waals surface area contributed by atoms with Crippen molar-refractivity contribution < 1.29 is 31.5 Å². The van der Waals surface area contributed by atoms with Crippen molar-refractivity contribution in [2.75, 3.05) is 11.5 Å². The van der Waals surface area contributed by atoms with Gasteiger partial charge in [-0.15, -0.1) is 0 Å². The molecule has 0 radical (unpaired) electrons.